The highest BCUT2D eigenvalue weighted by Crippen LogP contribution is 2.36. The van der Waals surface area contributed by atoms with Gasteiger partial charge >= 0.3 is 0 Å². The summed E-state index contributed by atoms with van der Waals surface area (Å²) >= 11 is 0. The highest BCUT2D eigenvalue weighted by Gasteiger charge is 2.27. The van der Waals surface area contributed by atoms with Crippen LogP contribution in [0.15, 0.2) is 41.1 Å². The molecule has 0 spiro atoms. The number of amides is 2. The lowest BCUT2D eigenvalue weighted by Crippen LogP contribution is -2.46. The number of hydrogen-bond donors (Lipinski definition) is 1. The normalized spacial score (nSPS) is 15.6. The number of carbonyl (C=O) groups is 2. The molecular weight excluding hydrogens is 318 g/mol. The third kappa shape index (κ3) is 2.84. The number of rotatable bonds is 3. The zero-order valence-corrected chi connectivity index (χ0v) is 14.0. The van der Waals surface area contributed by atoms with E-state index in [9.17, 15) is 9.59 Å². The SMILES string of the molecule is CC(=O)N1CCC(NC(=O)c2c(-c3ccncc3)c3ccc2o3)CC1. The quantitative estimate of drug-likeness (QED) is 0.797. The fraction of sp³-hybridized carbons (Fsp3) is 0.316. The molecule has 1 saturated heterocycles. The Balaban J connectivity index is 1.55. The highest BCUT2D eigenvalue weighted by atomic mass is 16.3. The summed E-state index contributed by atoms with van der Waals surface area (Å²) in [6.07, 6.45) is 4.95. The first-order chi connectivity index (χ1) is 12.1. The highest BCUT2D eigenvalue weighted by molar-refractivity contribution is 6.11. The number of carbonyl (C=O) groups excluding carboxylic acids is 2. The van der Waals surface area contributed by atoms with Crippen LogP contribution in [0.2, 0.25) is 0 Å². The van der Waals surface area contributed by atoms with Gasteiger partial charge in [-0.05, 0) is 42.7 Å². The summed E-state index contributed by atoms with van der Waals surface area (Å²) in [5, 5.41) is 3.11. The van der Waals surface area contributed by atoms with Crippen LogP contribution in [-0.2, 0) is 4.79 Å². The number of aromatic nitrogens is 1. The minimum atomic E-state index is -0.123. The summed E-state index contributed by atoms with van der Waals surface area (Å²) in [4.78, 5) is 30.2. The van der Waals surface area contributed by atoms with Crippen LogP contribution in [0.4, 0.5) is 0 Å². The predicted molar refractivity (Wildman–Crippen MR) is 93.4 cm³/mol. The van der Waals surface area contributed by atoms with E-state index < -0.39 is 0 Å². The van der Waals surface area contributed by atoms with E-state index in [1.54, 1.807) is 19.3 Å². The minimum Gasteiger partial charge on any atom is -0.456 e. The first kappa shape index (κ1) is 15.6. The average molecular weight is 337 g/mol. The third-order valence-corrected chi connectivity index (χ3v) is 4.82. The van der Waals surface area contributed by atoms with Crippen LogP contribution in [0.25, 0.3) is 22.3 Å². The number of nitrogens with one attached hydrogen (secondary N) is 1. The van der Waals surface area contributed by atoms with Gasteiger partial charge in [0.2, 0.25) is 5.91 Å². The van der Waals surface area contributed by atoms with Crippen LogP contribution >= 0.6 is 0 Å². The van der Waals surface area contributed by atoms with Crippen molar-refractivity contribution in [3.8, 4) is 11.1 Å². The molecule has 0 aliphatic carbocycles. The Kier molecular flexibility index (Phi) is 3.87. The van der Waals surface area contributed by atoms with Crippen LogP contribution in [0.5, 0.6) is 0 Å². The predicted octanol–water partition coefficient (Wildman–Crippen LogP) is 2.67. The Morgan fingerprint density at radius 3 is 2.48 bits per heavy atom. The second-order valence-corrected chi connectivity index (χ2v) is 6.40. The lowest BCUT2D eigenvalue weighted by atomic mass is 9.99. The lowest BCUT2D eigenvalue weighted by Gasteiger charge is -2.31. The second kappa shape index (κ2) is 6.20. The maximum Gasteiger partial charge on any atom is 0.256 e. The Bertz CT molecular complexity index is 895. The first-order valence-electron chi connectivity index (χ1n) is 8.45. The largest absolute Gasteiger partial charge is 0.456 e. The van der Waals surface area contributed by atoms with Crippen molar-refractivity contribution in [3.05, 3.63) is 42.2 Å². The molecule has 4 heterocycles. The van der Waals surface area contributed by atoms with E-state index in [-0.39, 0.29) is 17.9 Å². The summed E-state index contributed by atoms with van der Waals surface area (Å²) in [5.74, 6) is -0.0338. The fourth-order valence-corrected chi connectivity index (χ4v) is 3.48. The third-order valence-electron chi connectivity index (χ3n) is 4.82. The molecule has 0 saturated carbocycles. The van der Waals surface area contributed by atoms with Crippen molar-refractivity contribution in [2.45, 2.75) is 25.8 Å². The van der Waals surface area contributed by atoms with Gasteiger partial charge in [-0.1, -0.05) is 0 Å². The van der Waals surface area contributed by atoms with Crippen LogP contribution in [-0.4, -0.2) is 40.8 Å². The van der Waals surface area contributed by atoms with Crippen LogP contribution in [0.3, 0.4) is 0 Å². The van der Waals surface area contributed by atoms with Gasteiger partial charge in [0.05, 0.1) is 5.56 Å². The van der Waals surface area contributed by atoms with Gasteiger partial charge in [0.1, 0.15) is 11.2 Å². The summed E-state index contributed by atoms with van der Waals surface area (Å²) in [6.45, 7) is 2.94. The van der Waals surface area contributed by atoms with Crippen molar-refractivity contribution in [2.75, 3.05) is 13.1 Å². The molecule has 1 aliphatic heterocycles. The van der Waals surface area contributed by atoms with E-state index in [0.29, 0.717) is 29.8 Å². The monoisotopic (exact) mass is 337 g/mol. The van der Waals surface area contributed by atoms with E-state index in [4.69, 9.17) is 4.42 Å². The Morgan fingerprint density at radius 1 is 1.12 bits per heavy atom. The van der Waals surface area contributed by atoms with Gasteiger partial charge in [-0.25, -0.2) is 0 Å². The molecule has 2 bridgehead atoms. The molecule has 25 heavy (non-hydrogen) atoms. The van der Waals surface area contributed by atoms with E-state index in [1.165, 1.54) is 0 Å². The van der Waals surface area contributed by atoms with E-state index in [0.717, 1.165) is 24.0 Å². The van der Waals surface area contributed by atoms with Gasteiger partial charge in [0.15, 0.2) is 0 Å². The van der Waals surface area contributed by atoms with Gasteiger partial charge in [0, 0.05) is 44.0 Å². The molecule has 0 atom stereocenters. The first-order valence-corrected chi connectivity index (χ1v) is 8.45. The topological polar surface area (TPSA) is 75.4 Å². The summed E-state index contributed by atoms with van der Waals surface area (Å²) in [7, 11) is 0. The molecule has 6 heteroatoms. The molecule has 6 nitrogen and oxygen atoms in total. The number of pyridine rings is 1. The van der Waals surface area contributed by atoms with Crippen molar-refractivity contribution < 1.29 is 14.0 Å². The standard InChI is InChI=1S/C19H19N3O3/c1-12(23)22-10-6-14(7-11-22)21-19(24)18-16-3-2-15(25-16)17(18)13-4-8-20-9-5-13/h2-5,8-9,14H,6-7,10-11H2,1H3,(H,21,24). The average Bonchev–Trinajstić information content (AvgIpc) is 3.24. The van der Waals surface area contributed by atoms with E-state index in [2.05, 4.69) is 10.3 Å². The summed E-state index contributed by atoms with van der Waals surface area (Å²) in [5.41, 5.74) is 3.62. The lowest BCUT2D eigenvalue weighted by molar-refractivity contribution is -0.129. The molecule has 1 fully saturated rings. The Labute approximate surface area is 145 Å². The zero-order valence-electron chi connectivity index (χ0n) is 14.0. The second-order valence-electron chi connectivity index (χ2n) is 6.40. The van der Waals surface area contributed by atoms with Crippen LogP contribution < -0.4 is 5.32 Å². The molecule has 1 aliphatic rings. The number of benzene rings is 1. The van der Waals surface area contributed by atoms with Crippen LogP contribution in [0.1, 0.15) is 30.1 Å². The number of likely N-dealkylation sites (tertiary alicyclic amines) is 1. The molecule has 0 aromatic carbocycles. The van der Waals surface area contributed by atoms with Crippen molar-refractivity contribution in [2.24, 2.45) is 0 Å². The molecule has 0 radical (unpaired) electrons. The minimum absolute atomic E-state index is 0.0722. The Hall–Kier alpha value is -2.89. The van der Waals surface area contributed by atoms with Crippen molar-refractivity contribution in [3.63, 3.8) is 0 Å². The molecule has 1 N–H and O–H groups in total. The number of furan rings is 2. The Morgan fingerprint density at radius 2 is 1.80 bits per heavy atom. The number of fused-ring (bicyclic) bond motifs is 2. The summed E-state index contributed by atoms with van der Waals surface area (Å²) in [6, 6.07) is 7.53. The number of nitrogens with zero attached hydrogens (tertiary/aromatic N) is 2. The fourth-order valence-electron chi connectivity index (χ4n) is 3.48. The molecule has 128 valence electrons. The molecule has 3 aromatic rings. The van der Waals surface area contributed by atoms with Gasteiger partial charge < -0.3 is 14.6 Å². The molecule has 3 aromatic heterocycles. The summed E-state index contributed by atoms with van der Waals surface area (Å²) < 4.78 is 5.72. The molecule has 2 amide bonds. The van der Waals surface area contributed by atoms with Crippen molar-refractivity contribution >= 4 is 23.0 Å². The molecule has 0 unspecified atom stereocenters. The zero-order chi connectivity index (χ0) is 17.4. The maximum atomic E-state index is 12.9. The van der Waals surface area contributed by atoms with Gasteiger partial charge in [-0.15, -0.1) is 0 Å². The molecule has 4 rings (SSSR count). The van der Waals surface area contributed by atoms with E-state index >= 15 is 0 Å². The smallest absolute Gasteiger partial charge is 0.256 e. The van der Waals surface area contributed by atoms with Gasteiger partial charge in [-0.2, -0.15) is 0 Å². The van der Waals surface area contributed by atoms with Crippen molar-refractivity contribution in [1.29, 1.82) is 0 Å². The maximum absolute atomic E-state index is 12.9. The van der Waals surface area contributed by atoms with Gasteiger partial charge in [0.25, 0.3) is 5.91 Å². The number of piperidine rings is 1. The van der Waals surface area contributed by atoms with Gasteiger partial charge in [-0.3, -0.25) is 14.6 Å². The molecular formula is C19H19N3O3. The number of hydrogen-bond acceptors (Lipinski definition) is 4. The van der Waals surface area contributed by atoms with E-state index in [1.807, 2.05) is 29.2 Å². The van der Waals surface area contributed by atoms with Crippen LogP contribution in [0, 0.1) is 0 Å². The van der Waals surface area contributed by atoms with Crippen molar-refractivity contribution in [1.82, 2.24) is 15.2 Å².